The zero-order valence-electron chi connectivity index (χ0n) is 37.9. The highest BCUT2D eigenvalue weighted by molar-refractivity contribution is 7.99. The van der Waals surface area contributed by atoms with Gasteiger partial charge in [0.05, 0.1) is 98.6 Å². The van der Waals surface area contributed by atoms with E-state index in [1.165, 1.54) is 69.5 Å². The molecule has 5 rings (SSSR count). The van der Waals surface area contributed by atoms with Crippen LogP contribution < -0.4 is 0 Å². The maximum atomic E-state index is 10.1. The van der Waals surface area contributed by atoms with Crippen LogP contribution in [0.1, 0.15) is 105 Å². The summed E-state index contributed by atoms with van der Waals surface area (Å²) in [5.41, 5.74) is 1.85. The third-order valence-electron chi connectivity index (χ3n) is 15.1. The minimum absolute atomic E-state index is 0.310. The number of aliphatic hydroxyl groups is 4. The smallest absolute Gasteiger partial charge is 0.132 e. The van der Waals surface area contributed by atoms with Crippen LogP contribution in [0.25, 0.3) is 0 Å². The van der Waals surface area contributed by atoms with E-state index in [9.17, 15) is 20.4 Å². The quantitative estimate of drug-likeness (QED) is 0.0511. The fraction of sp³-hybridized carbons (Fsp3) is 0.957. The molecule has 0 aromatic heterocycles. The Labute approximate surface area is 366 Å². The monoisotopic (exact) mass is 873 g/mol. The second-order valence-electron chi connectivity index (χ2n) is 19.3. The molecule has 13 atom stereocenters. The SMILES string of the molecule is CC(C)CCC[C@@H](C)[C@H]1CC[C@H]2[C@@H]3CC=C4C[C@H](OCCOCCOCCOCCOCCOCCOCCS[C@@H]5O[C@H](CO)[C@H](O)[C@H](O)[C@H]5O)CC[C@]4(C)[C@H]3CC[C@]12C. The van der Waals surface area contributed by atoms with Crippen LogP contribution >= 0.6 is 11.8 Å². The molecule has 4 N–H and O–H groups in total. The molecule has 350 valence electrons. The van der Waals surface area contributed by atoms with Crippen LogP contribution in [0.5, 0.6) is 0 Å². The molecule has 4 fully saturated rings. The average molecular weight is 873 g/mol. The molecule has 0 bridgehead atoms. The van der Waals surface area contributed by atoms with Crippen LogP contribution in [0.15, 0.2) is 11.6 Å². The molecular weight excluding hydrogens is 789 g/mol. The molecule has 0 aromatic carbocycles. The van der Waals surface area contributed by atoms with Crippen molar-refractivity contribution < 1.29 is 58.3 Å². The van der Waals surface area contributed by atoms with Crippen LogP contribution in [0.4, 0.5) is 0 Å². The van der Waals surface area contributed by atoms with E-state index in [-0.39, 0.29) is 0 Å². The standard InChI is InChI=1S/C47H84O12S/c1-33(2)7-6-8-34(3)38-11-12-39-37-10-9-35-31-36(13-15-46(35,4)40(37)14-16-47(38,39)5)58-28-27-56-24-23-54-20-19-52-17-18-53-21-22-55-25-26-57-29-30-60-45-44(51)43(50)42(49)41(32-48)59-45/h9,33-34,36-45,48-51H,6-8,10-32H2,1-5H3/t34-,36-,37+,38-,39+,40+,41-,42+,43+,44-,45+,46+,47-/m1/s1. The van der Waals surface area contributed by atoms with Gasteiger partial charge in [-0.1, -0.05) is 65.5 Å². The zero-order chi connectivity index (χ0) is 43.0. The Morgan fingerprint density at radius 1 is 0.700 bits per heavy atom. The fourth-order valence-electron chi connectivity index (χ4n) is 11.7. The van der Waals surface area contributed by atoms with Crippen molar-refractivity contribution in [1.82, 2.24) is 0 Å². The van der Waals surface area contributed by atoms with Gasteiger partial charge in [0.1, 0.15) is 29.9 Å². The van der Waals surface area contributed by atoms with Crippen molar-refractivity contribution in [2.45, 2.75) is 141 Å². The van der Waals surface area contributed by atoms with Gasteiger partial charge in [0.2, 0.25) is 0 Å². The van der Waals surface area contributed by atoms with Crippen molar-refractivity contribution in [2.24, 2.45) is 46.3 Å². The van der Waals surface area contributed by atoms with Gasteiger partial charge in [-0.05, 0) is 97.7 Å². The van der Waals surface area contributed by atoms with Crippen molar-refractivity contribution in [3.05, 3.63) is 11.6 Å². The van der Waals surface area contributed by atoms with Gasteiger partial charge >= 0.3 is 0 Å². The highest BCUT2D eigenvalue weighted by Gasteiger charge is 2.59. The van der Waals surface area contributed by atoms with E-state index in [4.69, 9.17) is 37.9 Å². The lowest BCUT2D eigenvalue weighted by Gasteiger charge is -2.58. The van der Waals surface area contributed by atoms with Crippen LogP contribution in [0, 0.1) is 46.3 Å². The lowest BCUT2D eigenvalue weighted by molar-refractivity contribution is -0.205. The average Bonchev–Trinajstić information content (AvgIpc) is 3.59. The van der Waals surface area contributed by atoms with Crippen molar-refractivity contribution in [2.75, 3.05) is 98.2 Å². The fourth-order valence-corrected chi connectivity index (χ4v) is 12.7. The van der Waals surface area contributed by atoms with Crippen LogP contribution in [0.3, 0.4) is 0 Å². The Balaban J connectivity index is 0.799. The summed E-state index contributed by atoms with van der Waals surface area (Å²) < 4.78 is 45.5. The summed E-state index contributed by atoms with van der Waals surface area (Å²) in [6, 6.07) is 0. The van der Waals surface area contributed by atoms with Crippen molar-refractivity contribution in [1.29, 1.82) is 0 Å². The van der Waals surface area contributed by atoms with Crippen LogP contribution in [0.2, 0.25) is 0 Å². The van der Waals surface area contributed by atoms with E-state index in [2.05, 4.69) is 40.7 Å². The summed E-state index contributed by atoms with van der Waals surface area (Å²) in [6.07, 6.45) is 12.9. The third-order valence-corrected chi connectivity index (χ3v) is 16.2. The Morgan fingerprint density at radius 2 is 1.30 bits per heavy atom. The topological polar surface area (TPSA) is 155 Å². The first kappa shape index (κ1) is 50.6. The molecule has 13 heteroatoms. The molecule has 12 nitrogen and oxygen atoms in total. The molecule has 5 aliphatic rings. The molecule has 3 saturated carbocycles. The first-order chi connectivity index (χ1) is 29.0. The molecular formula is C47H84O12S. The molecule has 0 aromatic rings. The summed E-state index contributed by atoms with van der Waals surface area (Å²) in [6.45, 7) is 18.7. The van der Waals surface area contributed by atoms with Crippen molar-refractivity contribution >= 4 is 11.8 Å². The van der Waals surface area contributed by atoms with Crippen molar-refractivity contribution in [3.8, 4) is 0 Å². The molecule has 1 heterocycles. The van der Waals surface area contributed by atoms with Crippen LogP contribution in [-0.4, -0.2) is 155 Å². The molecule has 60 heavy (non-hydrogen) atoms. The van der Waals surface area contributed by atoms with E-state index in [0.29, 0.717) is 109 Å². The zero-order valence-corrected chi connectivity index (χ0v) is 38.7. The normalized spacial score (nSPS) is 35.9. The lowest BCUT2D eigenvalue weighted by Crippen LogP contribution is -2.57. The molecule has 1 saturated heterocycles. The van der Waals surface area contributed by atoms with Gasteiger partial charge in [-0.2, -0.15) is 0 Å². The van der Waals surface area contributed by atoms with Gasteiger partial charge in [0, 0.05) is 5.75 Å². The first-order valence-corrected chi connectivity index (χ1v) is 24.7. The largest absolute Gasteiger partial charge is 0.394 e. The first-order valence-electron chi connectivity index (χ1n) is 23.7. The summed E-state index contributed by atoms with van der Waals surface area (Å²) in [7, 11) is 0. The van der Waals surface area contributed by atoms with E-state index in [1.807, 2.05) is 0 Å². The predicted octanol–water partition coefficient (Wildman–Crippen LogP) is 6.05. The highest BCUT2D eigenvalue weighted by Crippen LogP contribution is 2.67. The maximum Gasteiger partial charge on any atom is 0.132 e. The third kappa shape index (κ3) is 14.1. The van der Waals surface area contributed by atoms with Gasteiger partial charge in [-0.25, -0.2) is 0 Å². The minimum atomic E-state index is -1.36. The van der Waals surface area contributed by atoms with Gasteiger partial charge in [0.25, 0.3) is 0 Å². The number of thioether (sulfide) groups is 1. The number of hydrogen-bond donors (Lipinski definition) is 4. The number of hydrogen-bond acceptors (Lipinski definition) is 13. The van der Waals surface area contributed by atoms with Gasteiger partial charge in [-0.3, -0.25) is 0 Å². The summed E-state index contributed by atoms with van der Waals surface area (Å²) in [5.74, 6) is 5.75. The molecule has 0 unspecified atom stereocenters. The number of allylic oxidation sites excluding steroid dienone is 1. The number of fused-ring (bicyclic) bond motifs is 5. The molecule has 4 aliphatic carbocycles. The molecule has 0 spiro atoms. The second kappa shape index (κ2) is 25.9. The predicted molar refractivity (Wildman–Crippen MR) is 234 cm³/mol. The van der Waals surface area contributed by atoms with E-state index in [0.717, 1.165) is 48.3 Å². The summed E-state index contributed by atoms with van der Waals surface area (Å²) in [5, 5.41) is 39.1. The number of ether oxygens (including phenoxy) is 8. The van der Waals surface area contributed by atoms with E-state index < -0.39 is 36.5 Å². The molecule has 1 aliphatic heterocycles. The molecule has 0 radical (unpaired) electrons. The summed E-state index contributed by atoms with van der Waals surface area (Å²) in [4.78, 5) is 0. The Morgan fingerprint density at radius 3 is 1.90 bits per heavy atom. The number of aliphatic hydroxyl groups excluding tert-OH is 4. The maximum absolute atomic E-state index is 10.1. The van der Waals surface area contributed by atoms with Gasteiger partial charge in [-0.15, -0.1) is 11.8 Å². The highest BCUT2D eigenvalue weighted by atomic mass is 32.2. The minimum Gasteiger partial charge on any atom is -0.394 e. The Kier molecular flexibility index (Phi) is 21.9. The molecule has 0 amide bonds. The Bertz CT molecular complexity index is 1220. The second-order valence-corrected chi connectivity index (χ2v) is 20.5. The van der Waals surface area contributed by atoms with Crippen molar-refractivity contribution in [3.63, 3.8) is 0 Å². The van der Waals surface area contributed by atoms with E-state index >= 15 is 0 Å². The Hall–Kier alpha value is -0.390. The lowest BCUT2D eigenvalue weighted by atomic mass is 9.47. The van der Waals surface area contributed by atoms with Gasteiger partial charge < -0.3 is 58.3 Å². The van der Waals surface area contributed by atoms with E-state index in [1.54, 1.807) is 5.57 Å². The van der Waals surface area contributed by atoms with Crippen LogP contribution in [-0.2, 0) is 37.9 Å². The summed E-state index contributed by atoms with van der Waals surface area (Å²) >= 11 is 1.26. The number of rotatable bonds is 29. The van der Waals surface area contributed by atoms with Gasteiger partial charge in [0.15, 0.2) is 0 Å².